The normalized spacial score (nSPS) is 13.7. The van der Waals surface area contributed by atoms with Gasteiger partial charge in [0, 0.05) is 31.3 Å². The fourth-order valence-corrected chi connectivity index (χ4v) is 3.26. The van der Waals surface area contributed by atoms with Crippen molar-refractivity contribution in [1.29, 1.82) is 0 Å². The third-order valence-electron chi connectivity index (χ3n) is 4.96. The highest BCUT2D eigenvalue weighted by Gasteiger charge is 2.25. The van der Waals surface area contributed by atoms with Crippen molar-refractivity contribution in [2.45, 2.75) is 39.5 Å². The second-order valence-electron chi connectivity index (χ2n) is 7.13. The number of carbonyl (C=O) groups excluding carboxylic acids is 1. The Kier molecular flexibility index (Phi) is 5.11. The van der Waals surface area contributed by atoms with E-state index in [0.29, 0.717) is 17.9 Å². The molecule has 6 heteroatoms. The Morgan fingerprint density at radius 3 is 2.46 bits per heavy atom. The fraction of sp³-hybridized carbons (Fsp3) is 0.450. The Labute approximate surface area is 153 Å². The lowest BCUT2D eigenvalue weighted by Gasteiger charge is -2.17. The molecule has 1 aliphatic rings. The van der Waals surface area contributed by atoms with Crippen LogP contribution in [0.1, 0.15) is 46.6 Å². The summed E-state index contributed by atoms with van der Waals surface area (Å²) in [5.74, 6) is -0.101. The summed E-state index contributed by atoms with van der Waals surface area (Å²) in [5.41, 5.74) is 4.29. The minimum atomic E-state index is -0.810. The molecule has 1 aromatic heterocycles. The first-order valence-corrected chi connectivity index (χ1v) is 8.99. The van der Waals surface area contributed by atoms with Crippen molar-refractivity contribution < 1.29 is 14.7 Å². The van der Waals surface area contributed by atoms with Crippen molar-refractivity contribution in [3.63, 3.8) is 0 Å². The van der Waals surface area contributed by atoms with E-state index in [4.69, 9.17) is 5.11 Å². The third kappa shape index (κ3) is 3.95. The molecular formula is C20H25N3O3. The van der Waals surface area contributed by atoms with Crippen molar-refractivity contribution in [3.8, 4) is 5.69 Å². The highest BCUT2D eigenvalue weighted by atomic mass is 16.4. The molecule has 0 atom stereocenters. The molecule has 6 nitrogen and oxygen atoms in total. The minimum absolute atomic E-state index is 0.0407. The van der Waals surface area contributed by atoms with Crippen LogP contribution in [0.5, 0.6) is 0 Å². The van der Waals surface area contributed by atoms with Crippen LogP contribution >= 0.6 is 0 Å². The van der Waals surface area contributed by atoms with Crippen LogP contribution in [0.15, 0.2) is 24.3 Å². The molecule has 1 heterocycles. The summed E-state index contributed by atoms with van der Waals surface area (Å²) in [4.78, 5) is 25.1. The maximum atomic E-state index is 12.5. The number of benzene rings is 1. The van der Waals surface area contributed by atoms with Crippen molar-refractivity contribution >= 4 is 11.9 Å². The number of amides is 1. The van der Waals surface area contributed by atoms with Gasteiger partial charge in [0.05, 0.1) is 11.4 Å². The first kappa shape index (κ1) is 18.2. The van der Waals surface area contributed by atoms with Gasteiger partial charge >= 0.3 is 5.97 Å². The number of nitrogens with zero attached hydrogens (tertiary/aromatic N) is 3. The number of hydrogen-bond donors (Lipinski definition) is 1. The third-order valence-corrected chi connectivity index (χ3v) is 4.96. The van der Waals surface area contributed by atoms with E-state index in [1.807, 2.05) is 49.8 Å². The predicted molar refractivity (Wildman–Crippen MR) is 98.7 cm³/mol. The van der Waals surface area contributed by atoms with Gasteiger partial charge in [-0.1, -0.05) is 0 Å². The van der Waals surface area contributed by atoms with E-state index in [1.54, 1.807) is 4.90 Å². The van der Waals surface area contributed by atoms with Crippen molar-refractivity contribution in [3.05, 3.63) is 46.8 Å². The van der Waals surface area contributed by atoms with Crippen LogP contribution in [0.25, 0.3) is 5.69 Å². The molecule has 1 amide bonds. The van der Waals surface area contributed by atoms with Crippen molar-refractivity contribution in [2.75, 3.05) is 13.6 Å². The van der Waals surface area contributed by atoms with Gasteiger partial charge in [-0.2, -0.15) is 5.10 Å². The second kappa shape index (κ2) is 7.32. The lowest BCUT2D eigenvalue weighted by Crippen LogP contribution is -2.28. The Morgan fingerprint density at radius 1 is 1.23 bits per heavy atom. The zero-order valence-electron chi connectivity index (χ0n) is 15.5. The van der Waals surface area contributed by atoms with Gasteiger partial charge < -0.3 is 10.0 Å². The molecule has 1 saturated carbocycles. The van der Waals surface area contributed by atoms with Crippen LogP contribution in [0.2, 0.25) is 0 Å². The van der Waals surface area contributed by atoms with E-state index in [0.717, 1.165) is 29.2 Å². The minimum Gasteiger partial charge on any atom is -0.481 e. The monoisotopic (exact) mass is 355 g/mol. The average molecular weight is 355 g/mol. The van der Waals surface area contributed by atoms with E-state index in [9.17, 15) is 9.59 Å². The van der Waals surface area contributed by atoms with Gasteiger partial charge in [0.15, 0.2) is 0 Å². The highest BCUT2D eigenvalue weighted by Crippen LogP contribution is 2.29. The summed E-state index contributed by atoms with van der Waals surface area (Å²) in [5, 5.41) is 13.4. The zero-order chi connectivity index (χ0) is 18.8. The molecule has 138 valence electrons. The van der Waals surface area contributed by atoms with E-state index in [1.165, 1.54) is 12.8 Å². The van der Waals surface area contributed by atoms with Crippen LogP contribution in [0, 0.1) is 19.8 Å². The average Bonchev–Trinajstić information content (AvgIpc) is 3.37. The number of carboxylic acid groups (broad SMARTS) is 1. The molecule has 1 aromatic carbocycles. The summed E-state index contributed by atoms with van der Waals surface area (Å²) in [6.07, 6.45) is 3.00. The Bertz CT molecular complexity index is 820. The number of carbonyl (C=O) groups is 2. The van der Waals surface area contributed by atoms with Gasteiger partial charge in [0.1, 0.15) is 0 Å². The summed E-state index contributed by atoms with van der Waals surface area (Å²) < 4.78 is 1.81. The highest BCUT2D eigenvalue weighted by molar-refractivity contribution is 5.94. The number of carboxylic acids is 1. The number of hydrogen-bond acceptors (Lipinski definition) is 3. The molecule has 0 saturated heterocycles. The molecule has 0 spiro atoms. The molecule has 0 radical (unpaired) electrons. The molecule has 0 bridgehead atoms. The topological polar surface area (TPSA) is 75.4 Å². The summed E-state index contributed by atoms with van der Waals surface area (Å²) in [6, 6.07) is 7.43. The second-order valence-corrected chi connectivity index (χ2v) is 7.13. The predicted octanol–water partition coefficient (Wildman–Crippen LogP) is 2.99. The van der Waals surface area contributed by atoms with E-state index < -0.39 is 5.97 Å². The SMILES string of the molecule is Cc1nn(-c2ccc(C(=O)N(C)CC3CC3)cc2)c(C)c1CCC(=O)O. The van der Waals surface area contributed by atoms with Crippen LogP contribution in [-0.2, 0) is 11.2 Å². The Morgan fingerprint density at radius 2 is 1.88 bits per heavy atom. The molecule has 1 aliphatic carbocycles. The number of aromatic nitrogens is 2. The molecular weight excluding hydrogens is 330 g/mol. The first-order chi connectivity index (χ1) is 12.4. The molecule has 1 fully saturated rings. The number of aryl methyl sites for hydroxylation is 1. The molecule has 0 unspecified atom stereocenters. The lowest BCUT2D eigenvalue weighted by atomic mass is 10.1. The first-order valence-electron chi connectivity index (χ1n) is 8.99. The van der Waals surface area contributed by atoms with E-state index in [-0.39, 0.29) is 12.3 Å². The summed E-state index contributed by atoms with van der Waals surface area (Å²) in [6.45, 7) is 4.66. The smallest absolute Gasteiger partial charge is 0.303 e. The van der Waals surface area contributed by atoms with E-state index >= 15 is 0 Å². The molecule has 0 aliphatic heterocycles. The van der Waals surface area contributed by atoms with Crippen LogP contribution in [-0.4, -0.2) is 45.3 Å². The van der Waals surface area contributed by atoms with Gasteiger partial charge in [0.25, 0.3) is 5.91 Å². The van der Waals surface area contributed by atoms with Gasteiger partial charge in [-0.15, -0.1) is 0 Å². The van der Waals surface area contributed by atoms with Crippen LogP contribution in [0.3, 0.4) is 0 Å². The quantitative estimate of drug-likeness (QED) is 0.828. The van der Waals surface area contributed by atoms with Crippen molar-refractivity contribution in [1.82, 2.24) is 14.7 Å². The molecule has 1 N–H and O–H groups in total. The lowest BCUT2D eigenvalue weighted by molar-refractivity contribution is -0.136. The van der Waals surface area contributed by atoms with Crippen molar-refractivity contribution in [2.24, 2.45) is 5.92 Å². The van der Waals surface area contributed by atoms with Gasteiger partial charge in [-0.3, -0.25) is 9.59 Å². The Balaban J connectivity index is 1.76. The zero-order valence-corrected chi connectivity index (χ0v) is 15.5. The summed E-state index contributed by atoms with van der Waals surface area (Å²) >= 11 is 0. The molecule has 26 heavy (non-hydrogen) atoms. The summed E-state index contributed by atoms with van der Waals surface area (Å²) in [7, 11) is 1.85. The molecule has 2 aromatic rings. The maximum Gasteiger partial charge on any atom is 0.303 e. The van der Waals surface area contributed by atoms with Crippen LogP contribution in [0.4, 0.5) is 0 Å². The standard InChI is InChI=1S/C20H25N3O3/c1-13-18(10-11-19(24)25)14(2)23(21-13)17-8-6-16(7-9-17)20(26)22(3)12-15-4-5-15/h6-9,15H,4-5,10-12H2,1-3H3,(H,24,25). The maximum absolute atomic E-state index is 12.5. The van der Waals surface area contributed by atoms with Crippen LogP contribution < -0.4 is 0 Å². The fourth-order valence-electron chi connectivity index (χ4n) is 3.26. The number of rotatable bonds is 7. The van der Waals surface area contributed by atoms with Gasteiger partial charge in [0.2, 0.25) is 0 Å². The largest absolute Gasteiger partial charge is 0.481 e. The van der Waals surface area contributed by atoms with Gasteiger partial charge in [-0.25, -0.2) is 4.68 Å². The number of aliphatic carboxylic acids is 1. The molecule has 3 rings (SSSR count). The van der Waals surface area contributed by atoms with E-state index in [2.05, 4.69) is 5.10 Å². The van der Waals surface area contributed by atoms with Gasteiger partial charge in [-0.05, 0) is 68.9 Å². The Hall–Kier alpha value is -2.63.